The molecule has 3 atom stereocenters. The Morgan fingerprint density at radius 2 is 1.94 bits per heavy atom. The molecule has 0 saturated carbocycles. The molecule has 0 amide bonds. The summed E-state index contributed by atoms with van der Waals surface area (Å²) < 4.78 is 11.3. The molecule has 0 spiro atoms. The first-order valence-corrected chi connectivity index (χ1v) is 9.36. The SMILES string of the molecule is CC1C(=O)OC(C)(CO[Si](C)(C)C(C)(C)C)C1O. The molecule has 1 aliphatic rings. The highest BCUT2D eigenvalue weighted by Crippen LogP contribution is 2.39. The zero-order chi connectivity index (χ0) is 14.4. The van der Waals surface area contributed by atoms with Crippen molar-refractivity contribution in [2.45, 2.75) is 64.5 Å². The van der Waals surface area contributed by atoms with E-state index in [9.17, 15) is 9.90 Å². The van der Waals surface area contributed by atoms with Gasteiger partial charge in [0.25, 0.3) is 0 Å². The standard InChI is InChI=1S/C13H26O4Si/c1-9-10(14)13(5,17-11(9)15)8-16-18(6,7)12(2,3)4/h9-10,14H,8H2,1-7H3. The Balaban J connectivity index is 2.72. The van der Waals surface area contributed by atoms with Crippen LogP contribution in [0.3, 0.4) is 0 Å². The van der Waals surface area contributed by atoms with E-state index in [-0.39, 0.29) is 17.6 Å². The molecule has 1 heterocycles. The molecule has 1 rings (SSSR count). The lowest BCUT2D eigenvalue weighted by Crippen LogP contribution is -2.49. The van der Waals surface area contributed by atoms with E-state index in [1.807, 2.05) is 0 Å². The van der Waals surface area contributed by atoms with Gasteiger partial charge in [0.05, 0.1) is 12.5 Å². The van der Waals surface area contributed by atoms with Crippen molar-refractivity contribution in [2.24, 2.45) is 5.92 Å². The number of hydrogen-bond donors (Lipinski definition) is 1. The molecule has 0 aromatic heterocycles. The van der Waals surface area contributed by atoms with Crippen molar-refractivity contribution in [1.29, 1.82) is 0 Å². The Morgan fingerprint density at radius 1 is 1.44 bits per heavy atom. The van der Waals surface area contributed by atoms with E-state index < -0.39 is 25.9 Å². The maximum Gasteiger partial charge on any atom is 0.312 e. The highest BCUT2D eigenvalue weighted by Gasteiger charge is 2.51. The van der Waals surface area contributed by atoms with Crippen LogP contribution in [-0.2, 0) is 14.0 Å². The first-order chi connectivity index (χ1) is 7.91. The predicted octanol–water partition coefficient (Wildman–Crippen LogP) is 2.32. The van der Waals surface area contributed by atoms with Crippen LogP contribution in [0.25, 0.3) is 0 Å². The van der Waals surface area contributed by atoms with Crippen LogP contribution in [0.1, 0.15) is 34.6 Å². The molecule has 1 fully saturated rings. The van der Waals surface area contributed by atoms with Gasteiger partial charge in [-0.1, -0.05) is 20.8 Å². The van der Waals surface area contributed by atoms with Gasteiger partial charge in [-0.15, -0.1) is 0 Å². The van der Waals surface area contributed by atoms with Gasteiger partial charge < -0.3 is 14.3 Å². The van der Waals surface area contributed by atoms with Gasteiger partial charge in [-0.3, -0.25) is 4.79 Å². The Labute approximate surface area is 111 Å². The van der Waals surface area contributed by atoms with Crippen molar-refractivity contribution >= 4 is 14.3 Å². The van der Waals surface area contributed by atoms with Crippen molar-refractivity contribution in [3.05, 3.63) is 0 Å². The summed E-state index contributed by atoms with van der Waals surface area (Å²) in [5.74, 6) is -0.818. The van der Waals surface area contributed by atoms with Gasteiger partial charge in [0.1, 0.15) is 6.10 Å². The molecule has 18 heavy (non-hydrogen) atoms. The minimum absolute atomic E-state index is 0.0997. The number of ether oxygens (including phenoxy) is 1. The Kier molecular flexibility index (Phi) is 4.02. The third-order valence-corrected chi connectivity index (χ3v) is 8.81. The first-order valence-electron chi connectivity index (χ1n) is 6.45. The number of carbonyl (C=O) groups excluding carboxylic acids is 1. The van der Waals surface area contributed by atoms with E-state index in [1.165, 1.54) is 0 Å². The molecule has 0 radical (unpaired) electrons. The summed E-state index contributed by atoms with van der Waals surface area (Å²) in [5.41, 5.74) is -0.911. The van der Waals surface area contributed by atoms with Crippen molar-refractivity contribution in [1.82, 2.24) is 0 Å². The van der Waals surface area contributed by atoms with Crippen LogP contribution in [0.4, 0.5) is 0 Å². The molecule has 0 bridgehead atoms. The normalized spacial score (nSPS) is 33.7. The molecule has 5 heteroatoms. The lowest BCUT2D eigenvalue weighted by Gasteiger charge is -2.39. The number of rotatable bonds is 3. The Bertz CT molecular complexity index is 334. The molecule has 3 unspecified atom stereocenters. The van der Waals surface area contributed by atoms with Gasteiger partial charge in [0, 0.05) is 0 Å². The van der Waals surface area contributed by atoms with E-state index in [4.69, 9.17) is 9.16 Å². The Morgan fingerprint density at radius 3 is 2.28 bits per heavy atom. The minimum atomic E-state index is -1.90. The lowest BCUT2D eigenvalue weighted by atomic mass is 9.94. The smallest absolute Gasteiger partial charge is 0.312 e. The molecule has 0 aromatic carbocycles. The summed E-state index contributed by atoms with van der Waals surface area (Å²) in [6, 6.07) is 0. The largest absolute Gasteiger partial charge is 0.454 e. The number of aliphatic hydroxyl groups excluding tert-OH is 1. The van der Waals surface area contributed by atoms with Gasteiger partial charge in [-0.25, -0.2) is 0 Å². The number of hydrogen-bond acceptors (Lipinski definition) is 4. The third kappa shape index (κ3) is 2.78. The molecular formula is C13H26O4Si. The van der Waals surface area contributed by atoms with E-state index in [0.717, 1.165) is 0 Å². The molecule has 106 valence electrons. The van der Waals surface area contributed by atoms with E-state index in [0.29, 0.717) is 0 Å². The summed E-state index contributed by atoms with van der Waals surface area (Å²) in [7, 11) is -1.90. The summed E-state index contributed by atoms with van der Waals surface area (Å²) in [4.78, 5) is 11.5. The molecule has 4 nitrogen and oxygen atoms in total. The summed E-state index contributed by atoms with van der Waals surface area (Å²) in [6.07, 6.45) is -0.797. The third-order valence-electron chi connectivity index (χ3n) is 4.33. The molecular weight excluding hydrogens is 248 g/mol. The number of cyclic esters (lactones) is 1. The van der Waals surface area contributed by atoms with Crippen molar-refractivity contribution < 1.29 is 19.1 Å². The van der Waals surface area contributed by atoms with Gasteiger partial charge in [-0.2, -0.15) is 0 Å². The van der Waals surface area contributed by atoms with E-state index in [2.05, 4.69) is 33.9 Å². The first kappa shape index (κ1) is 15.7. The summed E-state index contributed by atoms with van der Waals surface area (Å²) >= 11 is 0. The molecule has 0 aliphatic carbocycles. The minimum Gasteiger partial charge on any atom is -0.454 e. The summed E-state index contributed by atoms with van der Waals surface area (Å²) in [5, 5.41) is 10.2. The van der Waals surface area contributed by atoms with Crippen LogP contribution in [0.2, 0.25) is 18.1 Å². The van der Waals surface area contributed by atoms with E-state index in [1.54, 1.807) is 13.8 Å². The predicted molar refractivity (Wildman–Crippen MR) is 72.8 cm³/mol. The second-order valence-corrected chi connectivity index (χ2v) is 11.8. The average molecular weight is 274 g/mol. The van der Waals surface area contributed by atoms with Crippen LogP contribution in [0.5, 0.6) is 0 Å². The monoisotopic (exact) mass is 274 g/mol. The zero-order valence-corrected chi connectivity index (χ0v) is 13.5. The van der Waals surface area contributed by atoms with Crippen LogP contribution in [0.15, 0.2) is 0 Å². The molecule has 1 saturated heterocycles. The Hall–Kier alpha value is -0.393. The fourth-order valence-electron chi connectivity index (χ4n) is 1.70. The highest BCUT2D eigenvalue weighted by molar-refractivity contribution is 6.74. The lowest BCUT2D eigenvalue weighted by molar-refractivity contribution is -0.153. The second kappa shape index (κ2) is 4.61. The fraction of sp³-hybridized carbons (Fsp3) is 0.923. The molecule has 1 aliphatic heterocycles. The van der Waals surface area contributed by atoms with Crippen LogP contribution >= 0.6 is 0 Å². The molecule has 1 N–H and O–H groups in total. The number of carbonyl (C=O) groups is 1. The van der Waals surface area contributed by atoms with Crippen LogP contribution in [-0.4, -0.2) is 37.7 Å². The fourth-order valence-corrected chi connectivity index (χ4v) is 2.78. The number of esters is 1. The maximum atomic E-state index is 11.5. The second-order valence-electron chi connectivity index (χ2n) is 7.02. The zero-order valence-electron chi connectivity index (χ0n) is 12.5. The van der Waals surface area contributed by atoms with Crippen molar-refractivity contribution in [3.63, 3.8) is 0 Å². The quantitative estimate of drug-likeness (QED) is 0.634. The summed E-state index contributed by atoms with van der Waals surface area (Å²) in [6.45, 7) is 14.4. The van der Waals surface area contributed by atoms with Gasteiger partial charge in [-0.05, 0) is 32.0 Å². The topological polar surface area (TPSA) is 55.8 Å². The number of aliphatic hydroxyl groups is 1. The van der Waals surface area contributed by atoms with Crippen molar-refractivity contribution in [3.8, 4) is 0 Å². The maximum absolute atomic E-state index is 11.5. The van der Waals surface area contributed by atoms with Gasteiger partial charge >= 0.3 is 5.97 Å². The van der Waals surface area contributed by atoms with Crippen LogP contribution in [0, 0.1) is 5.92 Å². The van der Waals surface area contributed by atoms with Crippen molar-refractivity contribution in [2.75, 3.05) is 6.61 Å². The molecule has 0 aromatic rings. The highest BCUT2D eigenvalue weighted by atomic mass is 28.4. The van der Waals surface area contributed by atoms with E-state index >= 15 is 0 Å². The average Bonchev–Trinajstić information content (AvgIpc) is 2.40. The van der Waals surface area contributed by atoms with Gasteiger partial charge in [0.15, 0.2) is 13.9 Å². The van der Waals surface area contributed by atoms with Gasteiger partial charge in [0.2, 0.25) is 0 Å². The van der Waals surface area contributed by atoms with Crippen LogP contribution < -0.4 is 0 Å².